The van der Waals surface area contributed by atoms with Gasteiger partial charge in [-0.15, -0.1) is 0 Å². The summed E-state index contributed by atoms with van der Waals surface area (Å²) < 4.78 is 64.2. The molecule has 3 rings (SSSR count). The molecule has 0 spiro atoms. The maximum absolute atomic E-state index is 13.7. The van der Waals surface area contributed by atoms with Crippen molar-refractivity contribution in [1.82, 2.24) is 4.90 Å². The van der Waals surface area contributed by atoms with Crippen LogP contribution in [0.15, 0.2) is 42.5 Å². The Morgan fingerprint density at radius 2 is 1.91 bits per heavy atom. The predicted molar refractivity (Wildman–Crippen MR) is 117 cm³/mol. The lowest BCUT2D eigenvalue weighted by Gasteiger charge is -2.31. The van der Waals surface area contributed by atoms with E-state index in [1.54, 1.807) is 31.0 Å². The van der Waals surface area contributed by atoms with Gasteiger partial charge in [0.1, 0.15) is 6.61 Å². The number of hydrogen-bond donors (Lipinski definition) is 1. The molecule has 1 aliphatic rings. The van der Waals surface area contributed by atoms with Crippen LogP contribution >= 0.6 is 0 Å². The van der Waals surface area contributed by atoms with E-state index in [1.807, 2.05) is 4.90 Å². The van der Waals surface area contributed by atoms with E-state index in [-0.39, 0.29) is 18.0 Å². The lowest BCUT2D eigenvalue weighted by atomic mass is 10.1. The lowest BCUT2D eigenvalue weighted by molar-refractivity contribution is -0.137. The number of halogens is 4. The van der Waals surface area contributed by atoms with Gasteiger partial charge >= 0.3 is 6.18 Å². The van der Waals surface area contributed by atoms with Gasteiger partial charge in [0.25, 0.3) is 0 Å². The molecule has 2 aromatic carbocycles. The van der Waals surface area contributed by atoms with Crippen LogP contribution in [0, 0.1) is 5.82 Å². The number of anilines is 2. The standard InChI is InChI=1S/C23H27F4N3O3/c1-16(29(2)9-14-33-21-6-4-3-5-18(21)24)22(31)28-19-15-17(23(25,26)27)7-8-20(19)30-10-12-32-13-11-30/h3-8,15-16H,9-14H2,1-2H3,(H,28,31). The fourth-order valence-corrected chi connectivity index (χ4v) is 3.38. The van der Waals surface area contributed by atoms with Gasteiger partial charge in [-0.1, -0.05) is 12.1 Å². The van der Waals surface area contributed by atoms with Crippen molar-refractivity contribution in [2.24, 2.45) is 0 Å². The number of para-hydroxylation sites is 1. The average molecular weight is 469 g/mol. The van der Waals surface area contributed by atoms with Crippen molar-refractivity contribution in [3.63, 3.8) is 0 Å². The van der Waals surface area contributed by atoms with Gasteiger partial charge in [0, 0.05) is 19.6 Å². The Hall–Kier alpha value is -2.85. The second-order valence-electron chi connectivity index (χ2n) is 7.75. The summed E-state index contributed by atoms with van der Waals surface area (Å²) in [4.78, 5) is 16.4. The highest BCUT2D eigenvalue weighted by Gasteiger charge is 2.32. The molecule has 0 aromatic heterocycles. The maximum Gasteiger partial charge on any atom is 0.416 e. The molecule has 1 N–H and O–H groups in total. The number of nitrogens with zero attached hydrogens (tertiary/aromatic N) is 2. The van der Waals surface area contributed by atoms with Crippen LogP contribution in [-0.4, -0.2) is 63.4 Å². The number of carbonyl (C=O) groups excluding carboxylic acids is 1. The van der Waals surface area contributed by atoms with Crippen molar-refractivity contribution >= 4 is 17.3 Å². The molecule has 0 bridgehead atoms. The summed E-state index contributed by atoms with van der Waals surface area (Å²) in [5, 5.41) is 2.65. The summed E-state index contributed by atoms with van der Waals surface area (Å²) in [5.41, 5.74) is -0.230. The monoisotopic (exact) mass is 469 g/mol. The number of benzene rings is 2. The van der Waals surface area contributed by atoms with Gasteiger partial charge in [0.2, 0.25) is 5.91 Å². The Balaban J connectivity index is 1.67. The molecule has 180 valence electrons. The van der Waals surface area contributed by atoms with Crippen molar-refractivity contribution in [2.45, 2.75) is 19.1 Å². The number of alkyl halides is 3. The van der Waals surface area contributed by atoms with Gasteiger partial charge < -0.3 is 19.7 Å². The Morgan fingerprint density at radius 3 is 2.58 bits per heavy atom. The normalized spacial score (nSPS) is 15.4. The highest BCUT2D eigenvalue weighted by atomic mass is 19.4. The highest BCUT2D eigenvalue weighted by Crippen LogP contribution is 2.36. The fourth-order valence-electron chi connectivity index (χ4n) is 3.38. The Morgan fingerprint density at radius 1 is 1.21 bits per heavy atom. The molecule has 2 aromatic rings. The Kier molecular flexibility index (Phi) is 8.15. The summed E-state index contributed by atoms with van der Waals surface area (Å²) in [6, 6.07) is 8.68. The van der Waals surface area contributed by atoms with Gasteiger partial charge in [-0.05, 0) is 44.3 Å². The second kappa shape index (κ2) is 10.8. The molecule has 33 heavy (non-hydrogen) atoms. The molecule has 1 aliphatic heterocycles. The predicted octanol–water partition coefficient (Wildman–Crippen LogP) is 4.02. The topological polar surface area (TPSA) is 54.0 Å². The third-order valence-corrected chi connectivity index (χ3v) is 5.51. The third-order valence-electron chi connectivity index (χ3n) is 5.51. The number of nitrogens with one attached hydrogen (secondary N) is 1. The third kappa shape index (κ3) is 6.58. The Bertz CT molecular complexity index is 949. The van der Waals surface area contributed by atoms with Crippen LogP contribution in [0.4, 0.5) is 28.9 Å². The van der Waals surface area contributed by atoms with E-state index in [1.165, 1.54) is 18.2 Å². The molecule has 1 saturated heterocycles. The first-order valence-corrected chi connectivity index (χ1v) is 10.6. The van der Waals surface area contributed by atoms with Crippen molar-refractivity contribution in [3.8, 4) is 5.75 Å². The molecule has 10 heteroatoms. The Labute approximate surface area is 190 Å². The minimum Gasteiger partial charge on any atom is -0.489 e. The first-order valence-electron chi connectivity index (χ1n) is 10.6. The van der Waals surface area contributed by atoms with E-state index in [0.29, 0.717) is 38.5 Å². The summed E-state index contributed by atoms with van der Waals surface area (Å²) in [6.07, 6.45) is -4.53. The zero-order valence-corrected chi connectivity index (χ0v) is 18.5. The molecule has 1 fully saturated rings. The summed E-state index contributed by atoms with van der Waals surface area (Å²) in [6.45, 7) is 4.01. The van der Waals surface area contributed by atoms with E-state index in [2.05, 4.69) is 5.32 Å². The summed E-state index contributed by atoms with van der Waals surface area (Å²) >= 11 is 0. The van der Waals surface area contributed by atoms with Crippen molar-refractivity contribution < 1.29 is 31.8 Å². The minimum absolute atomic E-state index is 0.0968. The van der Waals surface area contributed by atoms with Crippen molar-refractivity contribution in [3.05, 3.63) is 53.8 Å². The zero-order chi connectivity index (χ0) is 24.0. The summed E-state index contributed by atoms with van der Waals surface area (Å²) in [5.74, 6) is -0.828. The maximum atomic E-state index is 13.7. The van der Waals surface area contributed by atoms with Crippen LogP contribution in [0.1, 0.15) is 12.5 Å². The van der Waals surface area contributed by atoms with Gasteiger partial charge in [-0.3, -0.25) is 9.69 Å². The van der Waals surface area contributed by atoms with Gasteiger partial charge in [-0.25, -0.2) is 4.39 Å². The quantitative estimate of drug-likeness (QED) is 0.592. The molecule has 1 atom stereocenters. The van der Waals surface area contributed by atoms with Crippen LogP contribution in [0.25, 0.3) is 0 Å². The number of amides is 1. The van der Waals surface area contributed by atoms with Gasteiger partial charge in [0.05, 0.1) is 36.2 Å². The number of morpholine rings is 1. The second-order valence-corrected chi connectivity index (χ2v) is 7.75. The molecule has 0 aliphatic carbocycles. The van der Waals surface area contributed by atoms with E-state index in [9.17, 15) is 22.4 Å². The molecule has 1 amide bonds. The first kappa shape index (κ1) is 24.8. The molecule has 0 saturated carbocycles. The van der Waals surface area contributed by atoms with E-state index < -0.39 is 29.5 Å². The molecule has 6 nitrogen and oxygen atoms in total. The smallest absolute Gasteiger partial charge is 0.416 e. The molecule has 1 heterocycles. The van der Waals surface area contributed by atoms with Crippen LogP contribution in [-0.2, 0) is 15.7 Å². The van der Waals surface area contributed by atoms with Gasteiger partial charge in [0.15, 0.2) is 11.6 Å². The van der Waals surface area contributed by atoms with Crippen molar-refractivity contribution in [1.29, 1.82) is 0 Å². The largest absolute Gasteiger partial charge is 0.489 e. The average Bonchev–Trinajstić information content (AvgIpc) is 2.79. The molecule has 1 unspecified atom stereocenters. The number of rotatable bonds is 8. The van der Waals surface area contributed by atoms with E-state index in [4.69, 9.17) is 9.47 Å². The SMILES string of the molecule is CC(C(=O)Nc1cc(C(F)(F)F)ccc1N1CCOCC1)N(C)CCOc1ccccc1F. The first-order chi connectivity index (χ1) is 15.7. The fraction of sp³-hybridized carbons (Fsp3) is 0.435. The molecule has 0 radical (unpaired) electrons. The van der Waals surface area contributed by atoms with Crippen LogP contribution in [0.5, 0.6) is 5.75 Å². The molecular weight excluding hydrogens is 442 g/mol. The van der Waals surface area contributed by atoms with Crippen LogP contribution < -0.4 is 15.0 Å². The van der Waals surface area contributed by atoms with Gasteiger partial charge in [-0.2, -0.15) is 13.2 Å². The van der Waals surface area contributed by atoms with Crippen LogP contribution in [0.3, 0.4) is 0 Å². The number of carbonyl (C=O) groups is 1. The van der Waals surface area contributed by atoms with Crippen molar-refractivity contribution in [2.75, 3.05) is 56.7 Å². The lowest BCUT2D eigenvalue weighted by Crippen LogP contribution is -2.42. The number of likely N-dealkylation sites (N-methyl/N-ethyl adjacent to an activating group) is 1. The van der Waals surface area contributed by atoms with E-state index in [0.717, 1.165) is 12.1 Å². The number of ether oxygens (including phenoxy) is 2. The zero-order valence-electron chi connectivity index (χ0n) is 18.5. The van der Waals surface area contributed by atoms with Crippen LogP contribution in [0.2, 0.25) is 0 Å². The summed E-state index contributed by atoms with van der Waals surface area (Å²) in [7, 11) is 1.68. The van der Waals surface area contributed by atoms with E-state index >= 15 is 0 Å². The number of hydrogen-bond acceptors (Lipinski definition) is 5. The minimum atomic E-state index is -4.53. The molecular formula is C23H27F4N3O3. The highest BCUT2D eigenvalue weighted by molar-refractivity contribution is 5.97.